The van der Waals surface area contributed by atoms with Gasteiger partial charge in [0.25, 0.3) is 0 Å². The quantitative estimate of drug-likeness (QED) is 0.271. The molecule has 5 nitrogen and oxygen atoms in total. The molecule has 0 spiro atoms. The Morgan fingerprint density at radius 3 is 3.00 bits per heavy atom. The zero-order chi connectivity index (χ0) is 8.97. The predicted octanol–water partition coefficient (Wildman–Crippen LogP) is 0.222. The van der Waals surface area contributed by atoms with Crippen molar-refractivity contribution in [1.82, 2.24) is 4.98 Å². The fourth-order valence-corrected chi connectivity index (χ4v) is 0.752. The fraction of sp³-hybridized carbons (Fsp3) is 0.143. The molecule has 1 rings (SSSR count). The van der Waals surface area contributed by atoms with Gasteiger partial charge in [-0.1, -0.05) is 5.16 Å². The lowest BCUT2D eigenvalue weighted by atomic mass is 10.4. The summed E-state index contributed by atoms with van der Waals surface area (Å²) < 4.78 is 0. The highest BCUT2D eigenvalue weighted by Gasteiger charge is 2.03. The van der Waals surface area contributed by atoms with Crippen molar-refractivity contribution in [1.29, 1.82) is 0 Å². The van der Waals surface area contributed by atoms with Gasteiger partial charge >= 0.3 is 0 Å². The first-order chi connectivity index (χ1) is 5.75. The molecular formula is C7H10N4O. The number of hydrogen-bond acceptors (Lipinski definition) is 3. The third kappa shape index (κ3) is 1.63. The minimum atomic E-state index is 0.0306. The molecule has 0 aliphatic rings. The van der Waals surface area contributed by atoms with E-state index in [1.54, 1.807) is 25.5 Å². The van der Waals surface area contributed by atoms with Crippen molar-refractivity contribution in [2.24, 2.45) is 10.9 Å². The van der Waals surface area contributed by atoms with Gasteiger partial charge in [0.1, 0.15) is 0 Å². The molecule has 5 heteroatoms. The maximum atomic E-state index is 8.37. The highest BCUT2D eigenvalue weighted by atomic mass is 16.4. The van der Waals surface area contributed by atoms with E-state index in [2.05, 4.69) is 10.1 Å². The van der Waals surface area contributed by atoms with Crippen LogP contribution in [0.25, 0.3) is 0 Å². The topological polar surface area (TPSA) is 74.7 Å². The van der Waals surface area contributed by atoms with E-state index in [-0.39, 0.29) is 5.96 Å². The first-order valence-electron chi connectivity index (χ1n) is 3.37. The average Bonchev–Trinajstić information content (AvgIpc) is 2.17. The largest absolute Gasteiger partial charge is 0.408 e. The third-order valence-electron chi connectivity index (χ3n) is 1.48. The lowest BCUT2D eigenvalue weighted by Gasteiger charge is -2.15. The zero-order valence-corrected chi connectivity index (χ0v) is 6.68. The van der Waals surface area contributed by atoms with E-state index in [1.807, 2.05) is 6.07 Å². The molecular weight excluding hydrogens is 156 g/mol. The summed E-state index contributed by atoms with van der Waals surface area (Å²) in [4.78, 5) is 5.41. The molecule has 12 heavy (non-hydrogen) atoms. The van der Waals surface area contributed by atoms with Gasteiger partial charge in [0, 0.05) is 13.2 Å². The normalized spacial score (nSPS) is 11.2. The SMILES string of the molecule is CN(C(N)=NO)c1cccnc1. The summed E-state index contributed by atoms with van der Waals surface area (Å²) in [6.45, 7) is 0. The van der Waals surface area contributed by atoms with E-state index in [0.717, 1.165) is 5.69 Å². The van der Waals surface area contributed by atoms with E-state index in [9.17, 15) is 0 Å². The first-order valence-corrected chi connectivity index (χ1v) is 3.37. The van der Waals surface area contributed by atoms with Gasteiger partial charge in [-0.15, -0.1) is 0 Å². The van der Waals surface area contributed by atoms with Crippen molar-refractivity contribution in [3.05, 3.63) is 24.5 Å². The van der Waals surface area contributed by atoms with Gasteiger partial charge in [-0.05, 0) is 12.1 Å². The second-order valence-electron chi connectivity index (χ2n) is 2.23. The molecule has 0 bridgehead atoms. The van der Waals surface area contributed by atoms with Crippen LogP contribution in [0.15, 0.2) is 29.7 Å². The molecule has 0 aliphatic carbocycles. The van der Waals surface area contributed by atoms with Crippen molar-refractivity contribution in [2.45, 2.75) is 0 Å². The van der Waals surface area contributed by atoms with E-state index in [4.69, 9.17) is 10.9 Å². The van der Waals surface area contributed by atoms with Crippen LogP contribution in [-0.4, -0.2) is 23.2 Å². The van der Waals surface area contributed by atoms with Crippen LogP contribution >= 0.6 is 0 Å². The van der Waals surface area contributed by atoms with E-state index in [0.29, 0.717) is 0 Å². The van der Waals surface area contributed by atoms with E-state index < -0.39 is 0 Å². The molecule has 0 aliphatic heterocycles. The number of nitrogens with two attached hydrogens (primary N) is 1. The highest BCUT2D eigenvalue weighted by molar-refractivity contribution is 5.93. The summed E-state index contributed by atoms with van der Waals surface area (Å²) in [5.41, 5.74) is 6.12. The van der Waals surface area contributed by atoms with Crippen molar-refractivity contribution < 1.29 is 5.21 Å². The van der Waals surface area contributed by atoms with Crippen LogP contribution in [0, 0.1) is 0 Å². The number of aromatic nitrogens is 1. The van der Waals surface area contributed by atoms with Gasteiger partial charge < -0.3 is 15.8 Å². The van der Waals surface area contributed by atoms with Crippen LogP contribution in [0.1, 0.15) is 0 Å². The molecule has 0 unspecified atom stereocenters. The van der Waals surface area contributed by atoms with Crippen molar-refractivity contribution in [3.8, 4) is 0 Å². The number of nitrogens with zero attached hydrogens (tertiary/aromatic N) is 3. The summed E-state index contributed by atoms with van der Waals surface area (Å²) in [6, 6.07) is 3.58. The second-order valence-corrected chi connectivity index (χ2v) is 2.23. The molecule has 0 radical (unpaired) electrons. The standard InChI is InChI=1S/C7H10N4O/c1-11(7(8)10-12)6-3-2-4-9-5-6/h2-5,12H,1H3,(H2,8,10). The zero-order valence-electron chi connectivity index (χ0n) is 6.68. The van der Waals surface area contributed by atoms with Crippen molar-refractivity contribution in [3.63, 3.8) is 0 Å². The number of hydrogen-bond donors (Lipinski definition) is 2. The van der Waals surface area contributed by atoms with Gasteiger partial charge in [-0.2, -0.15) is 0 Å². The van der Waals surface area contributed by atoms with Gasteiger partial charge in [0.2, 0.25) is 5.96 Å². The van der Waals surface area contributed by atoms with Gasteiger partial charge in [0.05, 0.1) is 11.9 Å². The number of pyridine rings is 1. The van der Waals surface area contributed by atoms with Crippen LogP contribution in [0.4, 0.5) is 5.69 Å². The highest BCUT2D eigenvalue weighted by Crippen LogP contribution is 2.07. The smallest absolute Gasteiger partial charge is 0.237 e. The van der Waals surface area contributed by atoms with E-state index in [1.165, 1.54) is 4.90 Å². The molecule has 0 amide bonds. The Labute approximate surface area is 70.1 Å². The summed E-state index contributed by atoms with van der Waals surface area (Å²) in [6.07, 6.45) is 3.28. The first kappa shape index (κ1) is 8.32. The Bertz CT molecular complexity index is 272. The third-order valence-corrected chi connectivity index (χ3v) is 1.48. The lowest BCUT2D eigenvalue weighted by Crippen LogP contribution is -2.33. The second kappa shape index (κ2) is 3.56. The fourth-order valence-electron chi connectivity index (χ4n) is 0.752. The molecule has 0 aromatic carbocycles. The van der Waals surface area contributed by atoms with Crippen molar-refractivity contribution in [2.75, 3.05) is 11.9 Å². The minimum Gasteiger partial charge on any atom is -0.408 e. The van der Waals surface area contributed by atoms with Crippen molar-refractivity contribution >= 4 is 11.6 Å². The van der Waals surface area contributed by atoms with Crippen LogP contribution in [0.5, 0.6) is 0 Å². The average molecular weight is 166 g/mol. The maximum Gasteiger partial charge on any atom is 0.237 e. The number of anilines is 1. The lowest BCUT2D eigenvalue weighted by molar-refractivity contribution is 0.317. The molecule has 0 saturated heterocycles. The number of rotatable bonds is 1. The molecule has 1 aromatic heterocycles. The predicted molar refractivity (Wildman–Crippen MR) is 46.0 cm³/mol. The molecule has 1 heterocycles. The van der Waals surface area contributed by atoms with Crippen LogP contribution in [0.3, 0.4) is 0 Å². The van der Waals surface area contributed by atoms with Gasteiger partial charge in [0.15, 0.2) is 0 Å². The Kier molecular flexibility index (Phi) is 2.47. The summed E-state index contributed by atoms with van der Waals surface area (Å²) >= 11 is 0. The number of guanidine groups is 1. The Morgan fingerprint density at radius 2 is 2.50 bits per heavy atom. The molecule has 0 atom stereocenters. The Hall–Kier alpha value is -1.78. The summed E-state index contributed by atoms with van der Waals surface area (Å²) in [5, 5.41) is 11.2. The Balaban J connectivity index is 2.86. The van der Waals surface area contributed by atoms with Crippen LogP contribution < -0.4 is 10.6 Å². The molecule has 0 fully saturated rings. The Morgan fingerprint density at radius 1 is 1.75 bits per heavy atom. The van der Waals surface area contributed by atoms with Crippen LogP contribution in [-0.2, 0) is 0 Å². The van der Waals surface area contributed by atoms with Gasteiger partial charge in [-0.3, -0.25) is 4.98 Å². The molecule has 1 aromatic rings. The minimum absolute atomic E-state index is 0.0306. The van der Waals surface area contributed by atoms with Crippen LogP contribution in [0.2, 0.25) is 0 Å². The molecule has 0 saturated carbocycles. The number of oxime groups is 1. The van der Waals surface area contributed by atoms with Gasteiger partial charge in [-0.25, -0.2) is 0 Å². The summed E-state index contributed by atoms with van der Waals surface area (Å²) in [7, 11) is 1.69. The molecule has 64 valence electrons. The monoisotopic (exact) mass is 166 g/mol. The summed E-state index contributed by atoms with van der Waals surface area (Å²) in [5.74, 6) is 0.0306. The van der Waals surface area contributed by atoms with E-state index >= 15 is 0 Å². The maximum absolute atomic E-state index is 8.37. The molecule has 3 N–H and O–H groups in total.